The number of carbonyl (C=O) groups is 1. The largest absolute Gasteiger partial charge is 0.398 e. The number of aromatic nitrogens is 1. The van der Waals surface area contributed by atoms with Crippen molar-refractivity contribution < 1.29 is 4.79 Å². The Morgan fingerprint density at radius 3 is 2.84 bits per heavy atom. The van der Waals surface area contributed by atoms with Crippen LogP contribution in [0.2, 0.25) is 0 Å². The topological polar surface area (TPSA) is 59.2 Å². The van der Waals surface area contributed by atoms with Crippen LogP contribution in [0.15, 0.2) is 42.7 Å². The first-order valence-electron chi connectivity index (χ1n) is 6.08. The first kappa shape index (κ1) is 13.1. The number of benzene rings is 1. The standard InChI is InChI=1S/C15H17N3O/c1-11-5-6-14(16)13(8-11)15(19)18(2)10-12-4-3-7-17-9-12/h3-9H,10,16H2,1-2H3. The van der Waals surface area contributed by atoms with Crippen LogP contribution in [-0.4, -0.2) is 22.8 Å². The van der Waals surface area contributed by atoms with E-state index in [-0.39, 0.29) is 5.91 Å². The number of hydrogen-bond donors (Lipinski definition) is 1. The first-order valence-corrected chi connectivity index (χ1v) is 6.08. The summed E-state index contributed by atoms with van der Waals surface area (Å²) in [6.45, 7) is 2.46. The molecule has 0 fully saturated rings. The van der Waals surface area contributed by atoms with Crippen LogP contribution < -0.4 is 5.73 Å². The van der Waals surface area contributed by atoms with Crippen molar-refractivity contribution in [3.05, 3.63) is 59.4 Å². The summed E-state index contributed by atoms with van der Waals surface area (Å²) in [6.07, 6.45) is 3.47. The van der Waals surface area contributed by atoms with Gasteiger partial charge >= 0.3 is 0 Å². The predicted molar refractivity (Wildman–Crippen MR) is 75.6 cm³/mol. The van der Waals surface area contributed by atoms with Crippen molar-refractivity contribution in [2.45, 2.75) is 13.5 Å². The smallest absolute Gasteiger partial charge is 0.255 e. The van der Waals surface area contributed by atoms with E-state index in [2.05, 4.69) is 4.98 Å². The molecule has 0 radical (unpaired) electrons. The van der Waals surface area contributed by atoms with E-state index in [4.69, 9.17) is 5.73 Å². The molecule has 0 spiro atoms. The number of carbonyl (C=O) groups excluding carboxylic acids is 1. The van der Waals surface area contributed by atoms with Crippen molar-refractivity contribution in [2.75, 3.05) is 12.8 Å². The minimum atomic E-state index is -0.0787. The highest BCUT2D eigenvalue weighted by Gasteiger charge is 2.15. The van der Waals surface area contributed by atoms with Crippen LogP contribution in [0, 0.1) is 6.92 Å². The van der Waals surface area contributed by atoms with Crippen molar-refractivity contribution >= 4 is 11.6 Å². The van der Waals surface area contributed by atoms with E-state index in [1.165, 1.54) is 0 Å². The third-order valence-electron chi connectivity index (χ3n) is 2.93. The van der Waals surface area contributed by atoms with Gasteiger partial charge in [0.2, 0.25) is 0 Å². The maximum absolute atomic E-state index is 12.3. The molecule has 0 atom stereocenters. The van der Waals surface area contributed by atoms with Crippen LogP contribution in [-0.2, 0) is 6.54 Å². The number of pyridine rings is 1. The minimum Gasteiger partial charge on any atom is -0.398 e. The minimum absolute atomic E-state index is 0.0787. The SMILES string of the molecule is Cc1ccc(N)c(C(=O)N(C)Cc2cccnc2)c1. The molecule has 1 amide bonds. The third-order valence-corrected chi connectivity index (χ3v) is 2.93. The molecule has 0 aliphatic carbocycles. The van der Waals surface area contributed by atoms with Gasteiger partial charge in [-0.15, -0.1) is 0 Å². The second-order valence-electron chi connectivity index (χ2n) is 4.61. The zero-order valence-electron chi connectivity index (χ0n) is 11.1. The molecule has 2 N–H and O–H groups in total. The van der Waals surface area contributed by atoms with E-state index in [1.807, 2.05) is 31.2 Å². The Labute approximate surface area is 112 Å². The molecule has 0 aliphatic heterocycles. The monoisotopic (exact) mass is 255 g/mol. The molecule has 4 nitrogen and oxygen atoms in total. The van der Waals surface area contributed by atoms with E-state index in [1.54, 1.807) is 30.4 Å². The van der Waals surface area contributed by atoms with Crippen molar-refractivity contribution in [3.63, 3.8) is 0 Å². The Morgan fingerprint density at radius 1 is 1.37 bits per heavy atom. The lowest BCUT2D eigenvalue weighted by Crippen LogP contribution is -2.27. The fraction of sp³-hybridized carbons (Fsp3) is 0.200. The number of anilines is 1. The molecule has 1 aromatic carbocycles. The molecule has 1 aromatic heterocycles. The Bertz CT molecular complexity index is 581. The molecule has 98 valence electrons. The molecule has 0 saturated carbocycles. The van der Waals surface area contributed by atoms with E-state index in [0.717, 1.165) is 11.1 Å². The van der Waals surface area contributed by atoms with Crippen molar-refractivity contribution in [1.82, 2.24) is 9.88 Å². The molecule has 4 heteroatoms. The van der Waals surface area contributed by atoms with E-state index >= 15 is 0 Å². The van der Waals surface area contributed by atoms with Crippen LogP contribution in [0.4, 0.5) is 5.69 Å². The van der Waals surface area contributed by atoms with Crippen LogP contribution in [0.25, 0.3) is 0 Å². The average molecular weight is 255 g/mol. The van der Waals surface area contributed by atoms with Crippen LogP contribution in [0.1, 0.15) is 21.5 Å². The summed E-state index contributed by atoms with van der Waals surface area (Å²) in [5, 5.41) is 0. The zero-order chi connectivity index (χ0) is 13.8. The number of nitrogens with zero attached hydrogens (tertiary/aromatic N) is 2. The maximum Gasteiger partial charge on any atom is 0.255 e. The summed E-state index contributed by atoms with van der Waals surface area (Å²) >= 11 is 0. The van der Waals surface area contributed by atoms with Gasteiger partial charge in [-0.05, 0) is 30.7 Å². The number of aryl methyl sites for hydroxylation is 1. The lowest BCUT2D eigenvalue weighted by molar-refractivity contribution is 0.0786. The van der Waals surface area contributed by atoms with Gasteiger partial charge in [0.05, 0.1) is 5.56 Å². The van der Waals surface area contributed by atoms with Gasteiger partial charge in [-0.3, -0.25) is 9.78 Å². The number of hydrogen-bond acceptors (Lipinski definition) is 3. The van der Waals surface area contributed by atoms with Crippen molar-refractivity contribution in [3.8, 4) is 0 Å². The normalized spacial score (nSPS) is 10.2. The van der Waals surface area contributed by atoms with Crippen LogP contribution in [0.3, 0.4) is 0 Å². The second-order valence-corrected chi connectivity index (χ2v) is 4.61. The van der Waals surface area contributed by atoms with E-state index in [0.29, 0.717) is 17.8 Å². The highest BCUT2D eigenvalue weighted by atomic mass is 16.2. The second kappa shape index (κ2) is 5.52. The van der Waals surface area contributed by atoms with Crippen molar-refractivity contribution in [1.29, 1.82) is 0 Å². The Kier molecular flexibility index (Phi) is 3.80. The predicted octanol–water partition coefficient (Wildman–Crippen LogP) is 2.24. The first-order chi connectivity index (χ1) is 9.08. The van der Waals surface area contributed by atoms with Gasteiger partial charge in [-0.1, -0.05) is 17.7 Å². The zero-order valence-corrected chi connectivity index (χ0v) is 11.1. The Hall–Kier alpha value is -2.36. The van der Waals surface area contributed by atoms with Gasteiger partial charge in [0.25, 0.3) is 5.91 Å². The van der Waals surface area contributed by atoms with Gasteiger partial charge < -0.3 is 10.6 Å². The summed E-state index contributed by atoms with van der Waals surface area (Å²) in [4.78, 5) is 18.0. The number of amides is 1. The third kappa shape index (κ3) is 3.10. The van der Waals surface area contributed by atoms with Gasteiger partial charge in [0.15, 0.2) is 0 Å². The summed E-state index contributed by atoms with van der Waals surface area (Å²) in [7, 11) is 1.76. The lowest BCUT2D eigenvalue weighted by atomic mass is 10.1. The lowest BCUT2D eigenvalue weighted by Gasteiger charge is -2.18. The molecule has 1 heterocycles. The molecular weight excluding hydrogens is 238 g/mol. The summed E-state index contributed by atoms with van der Waals surface area (Å²) in [5.74, 6) is -0.0787. The van der Waals surface area contributed by atoms with Gasteiger partial charge in [-0.25, -0.2) is 0 Å². The van der Waals surface area contributed by atoms with Gasteiger partial charge in [-0.2, -0.15) is 0 Å². The highest BCUT2D eigenvalue weighted by Crippen LogP contribution is 2.16. The molecule has 0 aliphatic rings. The number of nitrogen functional groups attached to an aromatic ring is 1. The van der Waals surface area contributed by atoms with Crippen LogP contribution in [0.5, 0.6) is 0 Å². The number of rotatable bonds is 3. The summed E-state index contributed by atoms with van der Waals surface area (Å²) in [6, 6.07) is 9.27. The average Bonchev–Trinajstić information content (AvgIpc) is 2.42. The van der Waals surface area contributed by atoms with Crippen molar-refractivity contribution in [2.24, 2.45) is 0 Å². The fourth-order valence-corrected chi connectivity index (χ4v) is 1.90. The molecule has 19 heavy (non-hydrogen) atoms. The van der Waals surface area contributed by atoms with E-state index < -0.39 is 0 Å². The maximum atomic E-state index is 12.3. The Balaban J connectivity index is 2.17. The van der Waals surface area contributed by atoms with Gasteiger partial charge in [0.1, 0.15) is 0 Å². The molecule has 2 aromatic rings. The highest BCUT2D eigenvalue weighted by molar-refractivity contribution is 5.99. The van der Waals surface area contributed by atoms with Gasteiger partial charge in [0, 0.05) is 31.7 Å². The summed E-state index contributed by atoms with van der Waals surface area (Å²) in [5.41, 5.74) is 8.93. The summed E-state index contributed by atoms with van der Waals surface area (Å²) < 4.78 is 0. The molecule has 0 bridgehead atoms. The van der Waals surface area contributed by atoms with Crippen LogP contribution >= 0.6 is 0 Å². The molecular formula is C15H17N3O. The number of nitrogens with two attached hydrogens (primary N) is 1. The Morgan fingerprint density at radius 2 is 2.16 bits per heavy atom. The quantitative estimate of drug-likeness (QED) is 0.856. The molecule has 0 saturated heterocycles. The molecule has 0 unspecified atom stereocenters. The van der Waals surface area contributed by atoms with E-state index in [9.17, 15) is 4.79 Å². The fourth-order valence-electron chi connectivity index (χ4n) is 1.90. The molecule has 2 rings (SSSR count).